The molecule has 6 rings (SSSR count). The minimum absolute atomic E-state index is 0.272. The number of anilines is 3. The van der Waals surface area contributed by atoms with Crippen LogP contribution < -0.4 is 15.4 Å². The summed E-state index contributed by atoms with van der Waals surface area (Å²) in [6, 6.07) is 16.0. The molecule has 0 spiro atoms. The number of ether oxygens (including phenoxy) is 2. The number of nitrogens with zero attached hydrogens (tertiary/aromatic N) is 5. The molecule has 3 aromatic carbocycles. The third-order valence-corrected chi connectivity index (χ3v) is 7.07. The molecule has 42 heavy (non-hydrogen) atoms. The SMILES string of the molecule is C=CC(=O)Nc1cc2c(Nc3ccc4c(cnn4Cc4cccc(F)c4)c3)ncnc2cc1OCCN1CCOCC1. The van der Waals surface area contributed by atoms with Gasteiger partial charge in [-0.25, -0.2) is 14.4 Å². The zero-order valence-electron chi connectivity index (χ0n) is 22.9. The number of carbonyl (C=O) groups excluding carboxylic acids is 1. The number of aromatic nitrogens is 4. The second-order valence-electron chi connectivity index (χ2n) is 9.91. The summed E-state index contributed by atoms with van der Waals surface area (Å²) in [6.07, 6.45) is 4.48. The van der Waals surface area contributed by atoms with E-state index in [0.717, 1.165) is 41.8 Å². The highest BCUT2D eigenvalue weighted by Crippen LogP contribution is 2.34. The van der Waals surface area contributed by atoms with Crippen LogP contribution in [0, 0.1) is 5.82 Å². The maximum atomic E-state index is 13.6. The normalized spacial score (nSPS) is 13.7. The summed E-state index contributed by atoms with van der Waals surface area (Å²) >= 11 is 0. The molecule has 0 saturated carbocycles. The van der Waals surface area contributed by atoms with Crippen LogP contribution in [0.2, 0.25) is 0 Å². The largest absolute Gasteiger partial charge is 0.490 e. The molecule has 0 unspecified atom stereocenters. The zero-order chi connectivity index (χ0) is 28.9. The molecule has 214 valence electrons. The van der Waals surface area contributed by atoms with E-state index in [2.05, 4.69) is 37.2 Å². The number of benzene rings is 3. The van der Waals surface area contributed by atoms with E-state index in [4.69, 9.17) is 9.47 Å². The summed E-state index contributed by atoms with van der Waals surface area (Å²) in [4.78, 5) is 23.4. The number of hydrogen-bond acceptors (Lipinski definition) is 8. The van der Waals surface area contributed by atoms with Gasteiger partial charge in [-0.05, 0) is 48.0 Å². The van der Waals surface area contributed by atoms with Crippen molar-refractivity contribution in [3.8, 4) is 5.75 Å². The third-order valence-electron chi connectivity index (χ3n) is 7.07. The summed E-state index contributed by atoms with van der Waals surface area (Å²) in [5.41, 5.74) is 3.72. The molecule has 0 atom stereocenters. The second kappa shape index (κ2) is 12.3. The molecule has 3 heterocycles. The first kappa shape index (κ1) is 27.3. The molecule has 2 aromatic heterocycles. The number of amides is 1. The average Bonchev–Trinajstić information content (AvgIpc) is 3.39. The second-order valence-corrected chi connectivity index (χ2v) is 9.91. The summed E-state index contributed by atoms with van der Waals surface area (Å²) in [6.45, 7) is 8.38. The Labute approximate surface area is 241 Å². The quantitative estimate of drug-likeness (QED) is 0.233. The Morgan fingerprint density at radius 2 is 2.00 bits per heavy atom. The Balaban J connectivity index is 1.24. The molecule has 1 fully saturated rings. The van der Waals surface area contributed by atoms with E-state index >= 15 is 0 Å². The molecular weight excluding hydrogens is 537 g/mol. The van der Waals surface area contributed by atoms with E-state index in [1.165, 1.54) is 24.5 Å². The number of carbonyl (C=O) groups is 1. The van der Waals surface area contributed by atoms with Gasteiger partial charge in [-0.2, -0.15) is 5.10 Å². The van der Waals surface area contributed by atoms with Gasteiger partial charge in [0.25, 0.3) is 0 Å². The van der Waals surface area contributed by atoms with Crippen molar-refractivity contribution in [1.29, 1.82) is 0 Å². The molecule has 0 aliphatic carbocycles. The third kappa shape index (κ3) is 6.22. The van der Waals surface area contributed by atoms with E-state index < -0.39 is 0 Å². The number of morpholine rings is 1. The molecule has 2 N–H and O–H groups in total. The maximum absolute atomic E-state index is 13.6. The van der Waals surface area contributed by atoms with Gasteiger partial charge in [-0.15, -0.1) is 0 Å². The van der Waals surface area contributed by atoms with Crippen LogP contribution in [0.25, 0.3) is 21.8 Å². The maximum Gasteiger partial charge on any atom is 0.247 e. The van der Waals surface area contributed by atoms with Gasteiger partial charge >= 0.3 is 0 Å². The lowest BCUT2D eigenvalue weighted by molar-refractivity contribution is -0.111. The van der Waals surface area contributed by atoms with Crippen molar-refractivity contribution >= 4 is 44.9 Å². The van der Waals surface area contributed by atoms with Crippen LogP contribution in [-0.4, -0.2) is 70.0 Å². The van der Waals surface area contributed by atoms with Crippen LogP contribution in [0.1, 0.15) is 5.56 Å². The van der Waals surface area contributed by atoms with Crippen molar-refractivity contribution in [2.45, 2.75) is 6.54 Å². The molecule has 1 aliphatic heterocycles. The van der Waals surface area contributed by atoms with Gasteiger partial charge in [0.1, 0.15) is 30.3 Å². The predicted octanol–water partition coefficient (Wildman–Crippen LogP) is 4.75. The van der Waals surface area contributed by atoms with E-state index in [9.17, 15) is 9.18 Å². The minimum Gasteiger partial charge on any atom is -0.490 e. The first-order chi connectivity index (χ1) is 20.6. The van der Waals surface area contributed by atoms with E-state index in [1.54, 1.807) is 24.4 Å². The molecule has 0 bridgehead atoms. The number of rotatable bonds is 10. The average molecular weight is 568 g/mol. The number of fused-ring (bicyclic) bond motifs is 2. The van der Waals surface area contributed by atoms with Gasteiger partial charge in [0.2, 0.25) is 5.91 Å². The van der Waals surface area contributed by atoms with Crippen LogP contribution in [0.5, 0.6) is 5.75 Å². The first-order valence-corrected chi connectivity index (χ1v) is 13.7. The van der Waals surface area contributed by atoms with Crippen molar-refractivity contribution in [3.63, 3.8) is 0 Å². The van der Waals surface area contributed by atoms with Crippen LogP contribution in [-0.2, 0) is 16.1 Å². The summed E-state index contributed by atoms with van der Waals surface area (Å²) < 4.78 is 27.0. The lowest BCUT2D eigenvalue weighted by Gasteiger charge is -2.26. The summed E-state index contributed by atoms with van der Waals surface area (Å²) in [5, 5.41) is 12.4. The molecule has 10 nitrogen and oxygen atoms in total. The predicted molar refractivity (Wildman–Crippen MR) is 160 cm³/mol. The van der Waals surface area contributed by atoms with Crippen molar-refractivity contribution < 1.29 is 18.7 Å². The lowest BCUT2D eigenvalue weighted by Crippen LogP contribution is -2.38. The van der Waals surface area contributed by atoms with Crippen molar-refractivity contribution in [2.24, 2.45) is 0 Å². The van der Waals surface area contributed by atoms with E-state index in [1.807, 2.05) is 28.9 Å². The number of hydrogen-bond donors (Lipinski definition) is 2. The molecule has 1 aliphatic rings. The number of halogens is 1. The Kier molecular flexibility index (Phi) is 8.02. The summed E-state index contributed by atoms with van der Waals surface area (Å²) in [5.74, 6) is 0.467. The minimum atomic E-state index is -0.348. The van der Waals surface area contributed by atoms with Crippen LogP contribution >= 0.6 is 0 Å². The fraction of sp³-hybridized carbons (Fsp3) is 0.226. The standard InChI is InChI=1S/C31H30FN7O3/c1-2-30(40)37-27-16-25-26(17-29(27)42-13-10-38-8-11-41-12-9-38)33-20-34-31(25)36-24-6-7-28-22(15-24)18-35-39(28)19-21-4-3-5-23(32)14-21/h2-7,14-18,20H,1,8-13,19H2,(H,37,40)(H,33,34,36). The Hall–Kier alpha value is -4.87. The smallest absolute Gasteiger partial charge is 0.247 e. The van der Waals surface area contributed by atoms with Crippen LogP contribution in [0.3, 0.4) is 0 Å². The van der Waals surface area contributed by atoms with Crippen molar-refractivity contribution in [1.82, 2.24) is 24.6 Å². The van der Waals surface area contributed by atoms with Gasteiger partial charge in [-0.3, -0.25) is 14.4 Å². The fourth-order valence-corrected chi connectivity index (χ4v) is 4.93. The van der Waals surface area contributed by atoms with Gasteiger partial charge in [0.15, 0.2) is 0 Å². The molecular formula is C31H30FN7O3. The van der Waals surface area contributed by atoms with Gasteiger partial charge in [0.05, 0.1) is 42.7 Å². The number of nitrogens with one attached hydrogen (secondary N) is 2. The van der Waals surface area contributed by atoms with Gasteiger partial charge in [-0.1, -0.05) is 18.7 Å². The highest BCUT2D eigenvalue weighted by Gasteiger charge is 2.15. The molecule has 11 heteroatoms. The van der Waals surface area contributed by atoms with Gasteiger partial charge in [0, 0.05) is 42.2 Å². The topological polar surface area (TPSA) is 106 Å². The molecule has 1 amide bonds. The Bertz CT molecular complexity index is 1750. The van der Waals surface area contributed by atoms with E-state index in [0.29, 0.717) is 54.5 Å². The van der Waals surface area contributed by atoms with Crippen LogP contribution in [0.4, 0.5) is 21.6 Å². The fourth-order valence-electron chi connectivity index (χ4n) is 4.93. The highest BCUT2D eigenvalue weighted by atomic mass is 19.1. The van der Waals surface area contributed by atoms with Crippen molar-refractivity contribution in [3.05, 3.63) is 91.2 Å². The Morgan fingerprint density at radius 3 is 2.83 bits per heavy atom. The van der Waals surface area contributed by atoms with Crippen molar-refractivity contribution in [2.75, 3.05) is 50.1 Å². The zero-order valence-corrected chi connectivity index (χ0v) is 22.9. The Morgan fingerprint density at radius 1 is 1.12 bits per heavy atom. The lowest BCUT2D eigenvalue weighted by atomic mass is 10.1. The molecule has 5 aromatic rings. The van der Waals surface area contributed by atoms with Gasteiger partial charge < -0.3 is 20.1 Å². The van der Waals surface area contributed by atoms with Crippen LogP contribution in [0.15, 0.2) is 79.8 Å². The van der Waals surface area contributed by atoms with E-state index in [-0.39, 0.29) is 11.7 Å². The first-order valence-electron chi connectivity index (χ1n) is 13.7. The summed E-state index contributed by atoms with van der Waals surface area (Å²) in [7, 11) is 0. The molecule has 0 radical (unpaired) electrons. The monoisotopic (exact) mass is 567 g/mol. The molecule has 1 saturated heterocycles. The highest BCUT2D eigenvalue weighted by molar-refractivity contribution is 6.03.